The van der Waals surface area contributed by atoms with Crippen LogP contribution in [0.25, 0.3) is 0 Å². The number of carbonyl (C=O) groups excluding carboxylic acids is 3. The Balaban J connectivity index is 1.93. The molecular weight excluding hydrogens is 378 g/mol. The van der Waals surface area contributed by atoms with Crippen molar-refractivity contribution in [3.8, 4) is 0 Å². The van der Waals surface area contributed by atoms with Gasteiger partial charge in [-0.25, -0.2) is 15.6 Å². The maximum Gasteiger partial charge on any atom is 0.329 e. The molecular formula is C18H23N7O4. The highest BCUT2D eigenvalue weighted by atomic mass is 16.5. The highest BCUT2D eigenvalue weighted by molar-refractivity contribution is 5.97. The highest BCUT2D eigenvalue weighted by Crippen LogP contribution is 2.13. The number of nitrogens with one attached hydrogen (secondary N) is 4. The third-order valence-electron chi connectivity index (χ3n) is 3.69. The van der Waals surface area contributed by atoms with Crippen LogP contribution in [0.5, 0.6) is 0 Å². The van der Waals surface area contributed by atoms with E-state index in [1.165, 1.54) is 6.34 Å². The Morgan fingerprint density at radius 2 is 2.17 bits per heavy atom. The molecule has 154 valence electrons. The quantitative estimate of drug-likeness (QED) is 0.118. The van der Waals surface area contributed by atoms with Crippen molar-refractivity contribution in [3.05, 3.63) is 47.8 Å². The lowest BCUT2D eigenvalue weighted by Gasteiger charge is -2.17. The van der Waals surface area contributed by atoms with Crippen molar-refractivity contribution < 1.29 is 19.1 Å². The average Bonchev–Trinajstić information content (AvgIpc) is 3.23. The molecule has 0 radical (unpaired) electrons. The SMILES string of the molecule is CCOC(=O)C(Cc1ccn[nH]1)NC(=O)CNC(=O)c1cccc(N=CNN)c1. The molecule has 0 aliphatic rings. The van der Waals surface area contributed by atoms with Crippen molar-refractivity contribution in [1.82, 2.24) is 26.3 Å². The lowest BCUT2D eigenvalue weighted by atomic mass is 10.1. The summed E-state index contributed by atoms with van der Waals surface area (Å²) in [5, 5.41) is 11.6. The van der Waals surface area contributed by atoms with Crippen LogP contribution in [0.15, 0.2) is 41.5 Å². The summed E-state index contributed by atoms with van der Waals surface area (Å²) in [7, 11) is 0. The summed E-state index contributed by atoms with van der Waals surface area (Å²) in [6.07, 6.45) is 3.01. The third kappa shape index (κ3) is 7.07. The topological polar surface area (TPSA) is 164 Å². The van der Waals surface area contributed by atoms with Gasteiger partial charge in [0.2, 0.25) is 5.91 Å². The van der Waals surface area contributed by atoms with Crippen molar-refractivity contribution in [2.75, 3.05) is 13.2 Å². The summed E-state index contributed by atoms with van der Waals surface area (Å²) >= 11 is 0. The van der Waals surface area contributed by atoms with Crippen molar-refractivity contribution in [2.45, 2.75) is 19.4 Å². The molecule has 1 atom stereocenters. The van der Waals surface area contributed by atoms with Crippen molar-refractivity contribution in [2.24, 2.45) is 10.8 Å². The number of ether oxygens (including phenoxy) is 1. The molecule has 1 heterocycles. The number of aromatic amines is 1. The standard InChI is InChI=1S/C18H23N7O4/c1-2-29-18(28)15(9-14-6-7-23-25-14)24-16(26)10-20-17(27)12-4-3-5-13(8-12)21-11-22-19/h3-8,11,15H,2,9-10,19H2,1H3,(H,20,27)(H,21,22)(H,23,25)(H,24,26). The van der Waals surface area contributed by atoms with Gasteiger partial charge in [0.05, 0.1) is 18.8 Å². The minimum absolute atomic E-state index is 0.184. The number of aromatic nitrogens is 2. The minimum atomic E-state index is -0.902. The molecule has 1 aromatic carbocycles. The van der Waals surface area contributed by atoms with E-state index in [4.69, 9.17) is 10.6 Å². The molecule has 0 aliphatic heterocycles. The first-order valence-electron chi connectivity index (χ1n) is 8.84. The maximum atomic E-state index is 12.3. The number of esters is 1. The summed E-state index contributed by atoms with van der Waals surface area (Å²) in [6.45, 7) is 1.55. The summed E-state index contributed by atoms with van der Waals surface area (Å²) < 4.78 is 4.99. The van der Waals surface area contributed by atoms with Crippen LogP contribution in [0, 0.1) is 0 Å². The van der Waals surface area contributed by atoms with Crippen LogP contribution in [0.1, 0.15) is 23.0 Å². The van der Waals surface area contributed by atoms with Crippen LogP contribution >= 0.6 is 0 Å². The van der Waals surface area contributed by atoms with Gasteiger partial charge in [-0.15, -0.1) is 0 Å². The number of hydrogen-bond donors (Lipinski definition) is 5. The average molecular weight is 401 g/mol. The van der Waals surface area contributed by atoms with Gasteiger partial charge >= 0.3 is 5.97 Å². The largest absolute Gasteiger partial charge is 0.464 e. The zero-order chi connectivity index (χ0) is 21.1. The monoisotopic (exact) mass is 401 g/mol. The molecule has 0 saturated heterocycles. The Hall–Kier alpha value is -3.73. The van der Waals surface area contributed by atoms with Crippen LogP contribution in [0.4, 0.5) is 5.69 Å². The van der Waals surface area contributed by atoms with E-state index in [1.807, 2.05) is 0 Å². The first-order chi connectivity index (χ1) is 14.0. The molecule has 2 rings (SSSR count). The zero-order valence-electron chi connectivity index (χ0n) is 15.8. The Morgan fingerprint density at radius 1 is 1.34 bits per heavy atom. The Labute approximate surface area is 167 Å². The Kier molecular flexibility index (Phi) is 8.32. The number of hydrazine groups is 1. The third-order valence-corrected chi connectivity index (χ3v) is 3.69. The predicted molar refractivity (Wildman–Crippen MR) is 105 cm³/mol. The summed E-state index contributed by atoms with van der Waals surface area (Å²) in [4.78, 5) is 40.6. The summed E-state index contributed by atoms with van der Waals surface area (Å²) in [5.74, 6) is 3.56. The molecule has 0 saturated carbocycles. The van der Waals surface area contributed by atoms with Gasteiger partial charge in [0.15, 0.2) is 0 Å². The lowest BCUT2D eigenvalue weighted by molar-refractivity contribution is -0.147. The first-order valence-corrected chi connectivity index (χ1v) is 8.84. The minimum Gasteiger partial charge on any atom is -0.464 e. The fourth-order valence-corrected chi connectivity index (χ4v) is 2.40. The number of hydrogen-bond acceptors (Lipinski definition) is 7. The molecule has 11 heteroatoms. The molecule has 2 aromatic rings. The maximum absolute atomic E-state index is 12.3. The van der Waals surface area contributed by atoms with Gasteiger partial charge in [-0.3, -0.25) is 14.7 Å². The number of nitrogens with two attached hydrogens (primary N) is 1. The van der Waals surface area contributed by atoms with Gasteiger partial charge in [0, 0.05) is 23.9 Å². The zero-order valence-corrected chi connectivity index (χ0v) is 15.8. The van der Waals surface area contributed by atoms with Gasteiger partial charge in [-0.2, -0.15) is 5.10 Å². The smallest absolute Gasteiger partial charge is 0.329 e. The molecule has 1 aromatic heterocycles. The number of amides is 2. The summed E-state index contributed by atoms with van der Waals surface area (Å²) in [5.41, 5.74) is 3.77. The van der Waals surface area contributed by atoms with Crippen LogP contribution in [0.3, 0.4) is 0 Å². The number of nitrogens with zero attached hydrogens (tertiary/aromatic N) is 2. The second-order valence-corrected chi connectivity index (χ2v) is 5.82. The van der Waals surface area contributed by atoms with E-state index < -0.39 is 23.8 Å². The van der Waals surface area contributed by atoms with Crippen molar-refractivity contribution in [1.29, 1.82) is 0 Å². The van der Waals surface area contributed by atoms with Crippen molar-refractivity contribution in [3.63, 3.8) is 0 Å². The molecule has 29 heavy (non-hydrogen) atoms. The van der Waals surface area contributed by atoms with E-state index >= 15 is 0 Å². The number of rotatable bonds is 10. The van der Waals surface area contributed by atoms with E-state index in [0.29, 0.717) is 16.9 Å². The number of benzene rings is 1. The lowest BCUT2D eigenvalue weighted by Crippen LogP contribution is -2.47. The van der Waals surface area contributed by atoms with Crippen LogP contribution in [-0.4, -0.2) is 53.5 Å². The van der Waals surface area contributed by atoms with Crippen molar-refractivity contribution >= 4 is 29.8 Å². The van der Waals surface area contributed by atoms with Crippen LogP contribution < -0.4 is 21.9 Å². The molecule has 0 bridgehead atoms. The molecule has 1 unspecified atom stereocenters. The van der Waals surface area contributed by atoms with Crippen LogP contribution in [-0.2, 0) is 20.7 Å². The van der Waals surface area contributed by atoms with Gasteiger partial charge in [0.25, 0.3) is 5.91 Å². The molecule has 0 aliphatic carbocycles. The molecule has 6 N–H and O–H groups in total. The fraction of sp³-hybridized carbons (Fsp3) is 0.278. The highest BCUT2D eigenvalue weighted by Gasteiger charge is 2.23. The Morgan fingerprint density at radius 3 is 2.86 bits per heavy atom. The van der Waals surface area contributed by atoms with Gasteiger partial charge < -0.3 is 20.8 Å². The molecule has 0 fully saturated rings. The second-order valence-electron chi connectivity index (χ2n) is 5.82. The molecule has 2 amide bonds. The fourth-order valence-electron chi connectivity index (χ4n) is 2.40. The number of H-pyrrole nitrogens is 1. The van der Waals surface area contributed by atoms with E-state index in [-0.39, 0.29) is 19.6 Å². The number of carbonyl (C=O) groups is 3. The molecule has 0 spiro atoms. The molecule has 11 nitrogen and oxygen atoms in total. The van der Waals surface area contributed by atoms with Gasteiger partial charge in [0.1, 0.15) is 12.4 Å². The summed E-state index contributed by atoms with van der Waals surface area (Å²) in [6, 6.07) is 7.26. The van der Waals surface area contributed by atoms with E-state index in [0.717, 1.165) is 0 Å². The number of aliphatic imine (C=N–C) groups is 1. The van der Waals surface area contributed by atoms with E-state index in [1.54, 1.807) is 43.5 Å². The van der Waals surface area contributed by atoms with Gasteiger partial charge in [-0.05, 0) is 31.2 Å². The normalized spacial score (nSPS) is 11.7. The van der Waals surface area contributed by atoms with E-state index in [9.17, 15) is 14.4 Å². The Bertz CT molecular complexity index is 852. The van der Waals surface area contributed by atoms with E-state index in [2.05, 4.69) is 31.2 Å². The van der Waals surface area contributed by atoms with Crippen LogP contribution in [0.2, 0.25) is 0 Å². The second kappa shape index (κ2) is 11.2. The van der Waals surface area contributed by atoms with Gasteiger partial charge in [-0.1, -0.05) is 6.07 Å². The first kappa shape index (κ1) is 21.6. The predicted octanol–water partition coefficient (Wildman–Crippen LogP) is -0.447.